The van der Waals surface area contributed by atoms with Gasteiger partial charge in [-0.3, -0.25) is 14.4 Å². The Hall–Kier alpha value is -3.34. The molecule has 0 bridgehead atoms. The monoisotopic (exact) mass is 542 g/mol. The van der Waals surface area contributed by atoms with E-state index in [-0.39, 0.29) is 25.0 Å². The molecule has 11 nitrogen and oxygen atoms in total. The fraction of sp³-hybridized carbons (Fsp3) is 0.643. The number of rotatable bonds is 7. The van der Waals surface area contributed by atoms with Crippen LogP contribution in [0, 0.1) is 5.92 Å². The van der Waals surface area contributed by atoms with E-state index in [2.05, 4.69) is 5.32 Å². The molecule has 2 saturated heterocycles. The highest BCUT2D eigenvalue weighted by molar-refractivity contribution is 5.96. The van der Waals surface area contributed by atoms with Crippen LogP contribution in [0.25, 0.3) is 0 Å². The first kappa shape index (κ1) is 28.7. The van der Waals surface area contributed by atoms with Crippen LogP contribution in [0.5, 0.6) is 0 Å². The second-order valence-corrected chi connectivity index (χ2v) is 11.0. The molecular weight excluding hydrogens is 500 g/mol. The second kappa shape index (κ2) is 13.1. The SMILES string of the molecule is CN(C)c1ccc(C(=O)N2CCN(C(=O)N3CCOCC3)C(C(=O)NC(CC3CCCCC3)C(N)=O)C2)cc1. The highest BCUT2D eigenvalue weighted by Gasteiger charge is 2.40. The molecule has 3 aliphatic rings. The first-order valence-corrected chi connectivity index (χ1v) is 14.0. The molecule has 0 aromatic heterocycles. The number of nitrogens with one attached hydrogen (secondary N) is 1. The number of nitrogens with two attached hydrogens (primary N) is 1. The van der Waals surface area contributed by atoms with Crippen LogP contribution in [0.4, 0.5) is 10.5 Å². The van der Waals surface area contributed by atoms with Crippen LogP contribution in [0.2, 0.25) is 0 Å². The average molecular weight is 543 g/mol. The molecule has 2 unspecified atom stereocenters. The minimum atomic E-state index is -0.938. The number of benzene rings is 1. The Morgan fingerprint density at radius 3 is 2.26 bits per heavy atom. The molecule has 2 aliphatic heterocycles. The minimum absolute atomic E-state index is 0.0328. The van der Waals surface area contributed by atoms with Crippen molar-refractivity contribution in [3.63, 3.8) is 0 Å². The van der Waals surface area contributed by atoms with Crippen LogP contribution < -0.4 is 16.0 Å². The lowest BCUT2D eigenvalue weighted by atomic mass is 9.84. The normalized spacial score (nSPS) is 21.3. The summed E-state index contributed by atoms with van der Waals surface area (Å²) in [4.78, 5) is 59.6. The molecule has 4 rings (SSSR count). The number of hydrogen-bond donors (Lipinski definition) is 2. The van der Waals surface area contributed by atoms with Gasteiger partial charge in [0.15, 0.2) is 0 Å². The van der Waals surface area contributed by atoms with Gasteiger partial charge in [0.1, 0.15) is 12.1 Å². The Morgan fingerprint density at radius 1 is 0.974 bits per heavy atom. The largest absolute Gasteiger partial charge is 0.378 e. The Kier molecular flexibility index (Phi) is 9.66. The summed E-state index contributed by atoms with van der Waals surface area (Å²) in [6, 6.07) is 5.27. The Balaban J connectivity index is 1.51. The van der Waals surface area contributed by atoms with Crippen LogP contribution in [0.15, 0.2) is 24.3 Å². The van der Waals surface area contributed by atoms with Gasteiger partial charge in [-0.1, -0.05) is 32.1 Å². The van der Waals surface area contributed by atoms with Gasteiger partial charge in [0, 0.05) is 51.5 Å². The van der Waals surface area contributed by atoms with Gasteiger partial charge in [0.2, 0.25) is 11.8 Å². The first-order chi connectivity index (χ1) is 18.7. The predicted molar refractivity (Wildman–Crippen MR) is 147 cm³/mol. The molecule has 1 aromatic carbocycles. The molecule has 5 amide bonds. The first-order valence-electron chi connectivity index (χ1n) is 14.0. The lowest BCUT2D eigenvalue weighted by molar-refractivity contribution is -0.132. The van der Waals surface area contributed by atoms with Crippen LogP contribution in [0.3, 0.4) is 0 Å². The summed E-state index contributed by atoms with van der Waals surface area (Å²) in [6.07, 6.45) is 5.93. The third-order valence-corrected chi connectivity index (χ3v) is 8.08. The van der Waals surface area contributed by atoms with E-state index in [1.165, 1.54) is 11.3 Å². The van der Waals surface area contributed by atoms with Crippen LogP contribution in [-0.2, 0) is 14.3 Å². The zero-order chi connectivity index (χ0) is 27.9. The number of morpholine rings is 1. The van der Waals surface area contributed by atoms with Crippen molar-refractivity contribution in [3.05, 3.63) is 29.8 Å². The van der Waals surface area contributed by atoms with E-state index >= 15 is 0 Å². The number of urea groups is 1. The molecule has 3 fully saturated rings. The third kappa shape index (κ3) is 7.20. The number of anilines is 1. The van der Waals surface area contributed by atoms with E-state index in [0.29, 0.717) is 50.8 Å². The summed E-state index contributed by atoms with van der Waals surface area (Å²) < 4.78 is 5.38. The number of piperazine rings is 1. The molecule has 1 saturated carbocycles. The van der Waals surface area contributed by atoms with Crippen LogP contribution in [-0.4, -0.2) is 111 Å². The summed E-state index contributed by atoms with van der Waals surface area (Å²) in [5.41, 5.74) is 7.19. The summed E-state index contributed by atoms with van der Waals surface area (Å²) >= 11 is 0. The zero-order valence-corrected chi connectivity index (χ0v) is 23.1. The van der Waals surface area contributed by atoms with E-state index in [9.17, 15) is 19.2 Å². The number of carbonyl (C=O) groups is 4. The third-order valence-electron chi connectivity index (χ3n) is 8.08. The highest BCUT2D eigenvalue weighted by Crippen LogP contribution is 2.27. The number of hydrogen-bond acceptors (Lipinski definition) is 6. The molecule has 1 aromatic rings. The zero-order valence-electron chi connectivity index (χ0n) is 23.1. The van der Waals surface area contributed by atoms with Crippen molar-refractivity contribution < 1.29 is 23.9 Å². The van der Waals surface area contributed by atoms with Crippen molar-refractivity contribution in [3.8, 4) is 0 Å². The van der Waals surface area contributed by atoms with E-state index in [1.54, 1.807) is 21.9 Å². The van der Waals surface area contributed by atoms with Gasteiger partial charge in [-0.15, -0.1) is 0 Å². The molecule has 11 heteroatoms. The smallest absolute Gasteiger partial charge is 0.320 e. The van der Waals surface area contributed by atoms with Crippen molar-refractivity contribution in [1.82, 2.24) is 20.0 Å². The quantitative estimate of drug-likeness (QED) is 0.534. The number of amides is 5. The molecule has 1 aliphatic carbocycles. The molecular formula is C28H42N6O5. The van der Waals surface area contributed by atoms with Crippen LogP contribution in [0.1, 0.15) is 48.9 Å². The summed E-state index contributed by atoms with van der Waals surface area (Å²) in [7, 11) is 3.86. The number of primary amides is 1. The standard InChI is InChI=1S/C28H42N6O5/c1-31(2)22-10-8-21(9-11-22)27(37)33-12-13-34(28(38)32-14-16-39-17-15-32)24(19-33)26(36)30-23(25(29)35)18-20-6-4-3-5-7-20/h8-11,20,23-24H,3-7,12-19H2,1-2H3,(H2,29,35)(H,30,36). The van der Waals surface area contributed by atoms with Gasteiger partial charge < -0.3 is 35.4 Å². The minimum Gasteiger partial charge on any atom is -0.378 e. The second-order valence-electron chi connectivity index (χ2n) is 11.0. The number of carbonyl (C=O) groups excluding carboxylic acids is 4. The van der Waals surface area contributed by atoms with E-state index < -0.39 is 23.9 Å². The van der Waals surface area contributed by atoms with Crippen LogP contribution >= 0.6 is 0 Å². The average Bonchev–Trinajstić information content (AvgIpc) is 2.96. The fourth-order valence-electron chi connectivity index (χ4n) is 5.71. The molecule has 2 atom stereocenters. The van der Waals surface area contributed by atoms with Crippen molar-refractivity contribution in [2.75, 3.05) is 64.9 Å². The summed E-state index contributed by atoms with van der Waals surface area (Å²) in [5, 5.41) is 2.85. The highest BCUT2D eigenvalue weighted by atomic mass is 16.5. The van der Waals surface area contributed by atoms with Crippen molar-refractivity contribution in [1.29, 1.82) is 0 Å². The van der Waals surface area contributed by atoms with E-state index in [1.807, 2.05) is 31.1 Å². The van der Waals surface area contributed by atoms with Crippen molar-refractivity contribution in [2.24, 2.45) is 11.7 Å². The molecule has 214 valence electrons. The molecule has 3 N–H and O–H groups in total. The van der Waals surface area contributed by atoms with E-state index in [4.69, 9.17) is 10.5 Å². The maximum atomic E-state index is 13.7. The Morgan fingerprint density at radius 2 is 1.64 bits per heavy atom. The molecule has 0 radical (unpaired) electrons. The van der Waals surface area contributed by atoms with Gasteiger partial charge >= 0.3 is 6.03 Å². The number of nitrogens with zero attached hydrogens (tertiary/aromatic N) is 4. The lowest BCUT2D eigenvalue weighted by Crippen LogP contribution is -2.65. The number of ether oxygens (including phenoxy) is 1. The predicted octanol–water partition coefficient (Wildman–Crippen LogP) is 1.27. The molecule has 39 heavy (non-hydrogen) atoms. The van der Waals surface area contributed by atoms with Gasteiger partial charge in [-0.05, 0) is 36.6 Å². The molecule has 2 heterocycles. The van der Waals surface area contributed by atoms with E-state index in [0.717, 1.165) is 31.4 Å². The molecule has 0 spiro atoms. The van der Waals surface area contributed by atoms with Gasteiger partial charge in [-0.25, -0.2) is 4.79 Å². The summed E-state index contributed by atoms with van der Waals surface area (Å²) in [5.74, 6) is -0.913. The van der Waals surface area contributed by atoms with Crippen molar-refractivity contribution >= 4 is 29.4 Å². The van der Waals surface area contributed by atoms with Crippen molar-refractivity contribution in [2.45, 2.75) is 50.6 Å². The fourth-order valence-corrected chi connectivity index (χ4v) is 5.71. The van der Waals surface area contributed by atoms with Gasteiger partial charge in [-0.2, -0.15) is 0 Å². The Bertz CT molecular complexity index is 1020. The maximum absolute atomic E-state index is 13.7. The Labute approximate surface area is 230 Å². The topological polar surface area (TPSA) is 129 Å². The summed E-state index contributed by atoms with van der Waals surface area (Å²) in [6.45, 7) is 2.30. The van der Waals surface area contributed by atoms with Gasteiger partial charge in [0.25, 0.3) is 5.91 Å². The maximum Gasteiger partial charge on any atom is 0.320 e. The lowest BCUT2D eigenvalue weighted by Gasteiger charge is -2.43. The van der Waals surface area contributed by atoms with Gasteiger partial charge in [0.05, 0.1) is 19.8 Å².